The monoisotopic (exact) mass is 465 g/mol. The van der Waals surface area contributed by atoms with E-state index in [1.54, 1.807) is 0 Å². The fourth-order valence-electron chi connectivity index (χ4n) is 3.23. The Morgan fingerprint density at radius 2 is 1.70 bits per heavy atom. The molecule has 0 spiro atoms. The van der Waals surface area contributed by atoms with Crippen LogP contribution in [-0.4, -0.2) is 6.04 Å². The van der Waals surface area contributed by atoms with E-state index < -0.39 is 0 Å². The zero-order valence-electron chi connectivity index (χ0n) is 12.2. The number of hydrogen-bond acceptors (Lipinski definition) is 1. The lowest BCUT2D eigenvalue weighted by molar-refractivity contribution is 0.212. The summed E-state index contributed by atoms with van der Waals surface area (Å²) < 4.78 is 3.30. The molecule has 0 aliphatic heterocycles. The van der Waals surface area contributed by atoms with Crippen LogP contribution >= 0.6 is 47.8 Å². The lowest BCUT2D eigenvalue weighted by Crippen LogP contribution is -2.38. The molecule has 1 aliphatic rings. The first kappa shape index (κ1) is 16.8. The Hall–Kier alpha value is 0.460. The van der Waals surface area contributed by atoms with Crippen molar-refractivity contribution in [1.82, 2.24) is 0 Å². The Labute approximate surface area is 147 Å². The topological polar surface area (TPSA) is 12.0 Å². The molecule has 0 saturated heterocycles. The molecule has 1 aromatic carbocycles. The highest BCUT2D eigenvalue weighted by atomic mass is 79.9. The van der Waals surface area contributed by atoms with Gasteiger partial charge in [-0.2, -0.15) is 0 Å². The minimum atomic E-state index is 0.563. The molecule has 0 bridgehead atoms. The summed E-state index contributed by atoms with van der Waals surface area (Å²) in [4.78, 5) is 0. The second-order valence-corrected chi connectivity index (χ2v) is 8.95. The van der Waals surface area contributed by atoms with Crippen LogP contribution in [0.3, 0.4) is 0 Å². The average Bonchev–Trinajstić information content (AvgIpc) is 2.33. The maximum Gasteiger partial charge on any atom is 0.0632 e. The van der Waals surface area contributed by atoms with Crippen LogP contribution in [0, 0.1) is 17.8 Å². The van der Waals surface area contributed by atoms with Gasteiger partial charge in [-0.1, -0.05) is 43.1 Å². The number of hydrogen-bond donors (Lipinski definition) is 1. The molecular formula is C16H22Br3N. The van der Waals surface area contributed by atoms with Crippen molar-refractivity contribution in [2.24, 2.45) is 17.8 Å². The van der Waals surface area contributed by atoms with Crippen LogP contribution in [0.2, 0.25) is 0 Å². The van der Waals surface area contributed by atoms with Gasteiger partial charge < -0.3 is 5.32 Å². The fourth-order valence-corrected chi connectivity index (χ4v) is 5.72. The van der Waals surface area contributed by atoms with Gasteiger partial charge in [0, 0.05) is 19.5 Å². The summed E-state index contributed by atoms with van der Waals surface area (Å²) in [7, 11) is 0. The molecule has 0 aromatic heterocycles. The molecule has 1 N–H and O–H groups in total. The quantitative estimate of drug-likeness (QED) is 0.512. The number of anilines is 1. The zero-order chi connectivity index (χ0) is 14.9. The van der Waals surface area contributed by atoms with Crippen LogP contribution in [0.25, 0.3) is 0 Å². The van der Waals surface area contributed by atoms with Crippen LogP contribution in [-0.2, 0) is 0 Å². The van der Waals surface area contributed by atoms with Crippen LogP contribution in [0.4, 0.5) is 5.69 Å². The van der Waals surface area contributed by atoms with Gasteiger partial charge in [0.15, 0.2) is 0 Å². The molecule has 3 atom stereocenters. The molecule has 1 fully saturated rings. The van der Waals surface area contributed by atoms with Gasteiger partial charge >= 0.3 is 0 Å². The van der Waals surface area contributed by atoms with Crippen molar-refractivity contribution in [2.45, 2.75) is 46.1 Å². The van der Waals surface area contributed by atoms with Crippen LogP contribution < -0.4 is 5.32 Å². The molecule has 4 heteroatoms. The van der Waals surface area contributed by atoms with Crippen molar-refractivity contribution in [3.05, 3.63) is 25.6 Å². The molecule has 0 heterocycles. The summed E-state index contributed by atoms with van der Waals surface area (Å²) in [5.74, 6) is 2.30. The lowest BCUT2D eigenvalue weighted by atomic mass is 9.74. The van der Waals surface area contributed by atoms with E-state index in [4.69, 9.17) is 0 Å². The molecular weight excluding hydrogens is 446 g/mol. The number of nitrogens with one attached hydrogen (secondary N) is 1. The maximum atomic E-state index is 3.79. The van der Waals surface area contributed by atoms with E-state index in [9.17, 15) is 0 Å². The van der Waals surface area contributed by atoms with E-state index >= 15 is 0 Å². The summed E-state index contributed by atoms with van der Waals surface area (Å²) in [5, 5.41) is 3.79. The van der Waals surface area contributed by atoms with Crippen LogP contribution in [0.5, 0.6) is 0 Å². The first-order valence-corrected chi connectivity index (χ1v) is 9.67. The van der Waals surface area contributed by atoms with E-state index in [0.29, 0.717) is 6.04 Å². The van der Waals surface area contributed by atoms with E-state index in [-0.39, 0.29) is 0 Å². The first-order valence-electron chi connectivity index (χ1n) is 7.29. The predicted octanol–water partition coefficient (Wildman–Crippen LogP) is 6.85. The van der Waals surface area contributed by atoms with E-state index in [1.807, 2.05) is 0 Å². The van der Waals surface area contributed by atoms with Crippen molar-refractivity contribution in [1.29, 1.82) is 0 Å². The molecule has 3 unspecified atom stereocenters. The normalized spacial score (nSPS) is 26.9. The lowest BCUT2D eigenvalue weighted by Gasteiger charge is -2.38. The molecule has 1 nitrogen and oxygen atoms in total. The van der Waals surface area contributed by atoms with E-state index in [2.05, 4.69) is 86.0 Å². The maximum absolute atomic E-state index is 3.79. The number of halogens is 3. The van der Waals surface area contributed by atoms with E-state index in [0.717, 1.165) is 31.2 Å². The summed E-state index contributed by atoms with van der Waals surface area (Å²) in [6.45, 7) is 7.07. The van der Waals surface area contributed by atoms with Gasteiger partial charge in [-0.3, -0.25) is 0 Å². The molecule has 2 rings (SSSR count). The molecule has 1 saturated carbocycles. The van der Waals surface area contributed by atoms with Gasteiger partial charge in [0.05, 0.1) is 5.69 Å². The van der Waals surface area contributed by atoms with Crippen LogP contribution in [0.1, 0.15) is 40.0 Å². The highest BCUT2D eigenvalue weighted by molar-refractivity contribution is 9.11. The first-order chi connectivity index (χ1) is 9.38. The van der Waals surface area contributed by atoms with Crippen molar-refractivity contribution in [3.63, 3.8) is 0 Å². The largest absolute Gasteiger partial charge is 0.380 e. The van der Waals surface area contributed by atoms with Gasteiger partial charge in [-0.05, 0) is 74.6 Å². The molecule has 1 aromatic rings. The van der Waals surface area contributed by atoms with Gasteiger partial charge in [0.1, 0.15) is 0 Å². The number of benzene rings is 1. The fraction of sp³-hybridized carbons (Fsp3) is 0.625. The Morgan fingerprint density at radius 3 is 2.25 bits per heavy atom. The summed E-state index contributed by atoms with van der Waals surface area (Å²) in [6.07, 6.45) is 3.96. The number of rotatable bonds is 3. The van der Waals surface area contributed by atoms with Gasteiger partial charge in [0.25, 0.3) is 0 Å². The molecule has 0 radical (unpaired) electrons. The highest BCUT2D eigenvalue weighted by Crippen LogP contribution is 2.39. The molecule has 20 heavy (non-hydrogen) atoms. The Morgan fingerprint density at radius 1 is 1.10 bits per heavy atom. The second kappa shape index (κ2) is 7.15. The third-order valence-corrected chi connectivity index (χ3v) is 6.07. The van der Waals surface area contributed by atoms with Gasteiger partial charge in [0.2, 0.25) is 0 Å². The minimum absolute atomic E-state index is 0.563. The predicted molar refractivity (Wildman–Crippen MR) is 98.3 cm³/mol. The molecule has 1 aliphatic carbocycles. The Bertz CT molecular complexity index is 450. The van der Waals surface area contributed by atoms with Crippen LogP contribution in [0.15, 0.2) is 25.6 Å². The average molecular weight is 468 g/mol. The Kier molecular flexibility index (Phi) is 6.01. The summed E-state index contributed by atoms with van der Waals surface area (Å²) in [5.41, 5.74) is 1.18. The SMILES string of the molecule is CC1CCC(C(C)C)C(Nc2c(Br)cc(Br)cc2Br)C1. The molecule has 112 valence electrons. The van der Waals surface area contributed by atoms with Crippen molar-refractivity contribution >= 4 is 53.5 Å². The highest BCUT2D eigenvalue weighted by Gasteiger charge is 2.31. The smallest absolute Gasteiger partial charge is 0.0632 e. The van der Waals surface area contributed by atoms with Gasteiger partial charge in [-0.15, -0.1) is 0 Å². The second-order valence-electron chi connectivity index (χ2n) is 6.32. The minimum Gasteiger partial charge on any atom is -0.380 e. The van der Waals surface area contributed by atoms with Crippen molar-refractivity contribution < 1.29 is 0 Å². The third kappa shape index (κ3) is 4.01. The molecule has 0 amide bonds. The van der Waals surface area contributed by atoms with Crippen molar-refractivity contribution in [2.75, 3.05) is 5.32 Å². The van der Waals surface area contributed by atoms with Crippen molar-refractivity contribution in [3.8, 4) is 0 Å². The summed E-state index contributed by atoms with van der Waals surface area (Å²) in [6, 6.07) is 4.76. The van der Waals surface area contributed by atoms with Gasteiger partial charge in [-0.25, -0.2) is 0 Å². The standard InChI is InChI=1S/C16H22Br3N/c1-9(2)12-5-4-10(3)6-15(12)20-16-13(18)7-11(17)8-14(16)19/h7-10,12,15,20H,4-6H2,1-3H3. The Balaban J connectivity index is 2.22. The zero-order valence-corrected chi connectivity index (χ0v) is 17.0. The summed E-state index contributed by atoms with van der Waals surface area (Å²) >= 11 is 10.9. The van der Waals surface area contributed by atoms with E-state index in [1.165, 1.54) is 24.9 Å². The third-order valence-electron chi connectivity index (χ3n) is 4.36.